The molecule has 4 aromatic heterocycles. The number of thiophene rings is 2. The first-order valence-electron chi connectivity index (χ1n) is 9.90. The highest BCUT2D eigenvalue weighted by Crippen LogP contribution is 2.27. The third-order valence-corrected chi connectivity index (χ3v) is 6.97. The molecule has 154 valence electrons. The Morgan fingerprint density at radius 2 is 2.27 bits per heavy atom. The zero-order chi connectivity index (χ0) is 20.5. The minimum absolute atomic E-state index is 0.0296. The molecule has 1 aliphatic heterocycles. The van der Waals surface area contributed by atoms with Crippen LogP contribution < -0.4 is 0 Å². The van der Waals surface area contributed by atoms with Crippen molar-refractivity contribution in [1.82, 2.24) is 24.8 Å². The van der Waals surface area contributed by atoms with E-state index in [0.29, 0.717) is 36.3 Å². The van der Waals surface area contributed by atoms with Crippen molar-refractivity contribution < 1.29 is 9.32 Å². The lowest BCUT2D eigenvalue weighted by Crippen LogP contribution is -2.41. The summed E-state index contributed by atoms with van der Waals surface area (Å²) in [4.78, 5) is 20.7. The molecule has 9 heteroatoms. The number of piperidine rings is 1. The van der Waals surface area contributed by atoms with Crippen molar-refractivity contribution in [3.63, 3.8) is 0 Å². The van der Waals surface area contributed by atoms with Crippen LogP contribution >= 0.6 is 22.7 Å². The molecule has 1 amide bonds. The number of nitrogens with zero attached hydrogens (tertiary/aromatic N) is 5. The van der Waals surface area contributed by atoms with Crippen LogP contribution in [0.15, 0.2) is 44.9 Å². The van der Waals surface area contributed by atoms with Crippen molar-refractivity contribution in [1.29, 1.82) is 0 Å². The Kier molecular flexibility index (Phi) is 5.22. The van der Waals surface area contributed by atoms with Gasteiger partial charge in [-0.2, -0.15) is 21.4 Å². The standard InChI is InChI=1S/C21H21N5O2S2/c1-25-17(11-16(23-25)18-5-3-8-30-18)21(27)26-7-2-4-14(12-26)10-19-22-20(24-28-19)15-6-9-29-13-15/h3,5-6,8-9,11,13-14H,2,4,7,10,12H2,1H3. The first kappa shape index (κ1) is 19.2. The smallest absolute Gasteiger partial charge is 0.272 e. The summed E-state index contributed by atoms with van der Waals surface area (Å²) in [6, 6.07) is 7.89. The average Bonchev–Trinajstić information content (AvgIpc) is 3.53. The van der Waals surface area contributed by atoms with Crippen molar-refractivity contribution >= 4 is 28.6 Å². The minimum atomic E-state index is 0.0296. The second kappa shape index (κ2) is 8.16. The van der Waals surface area contributed by atoms with Gasteiger partial charge in [0.2, 0.25) is 11.7 Å². The monoisotopic (exact) mass is 439 g/mol. The van der Waals surface area contributed by atoms with Crippen molar-refractivity contribution in [2.75, 3.05) is 13.1 Å². The molecule has 5 heterocycles. The van der Waals surface area contributed by atoms with Gasteiger partial charge in [0.05, 0.1) is 4.88 Å². The van der Waals surface area contributed by atoms with Crippen molar-refractivity contribution in [3.05, 3.63) is 52.0 Å². The molecule has 1 unspecified atom stereocenters. The Balaban J connectivity index is 1.27. The number of hydrogen-bond donors (Lipinski definition) is 0. The Hall–Kier alpha value is -2.78. The number of carbonyl (C=O) groups is 1. The van der Waals surface area contributed by atoms with Crippen LogP contribution in [-0.2, 0) is 13.5 Å². The summed E-state index contributed by atoms with van der Waals surface area (Å²) in [6.07, 6.45) is 2.70. The largest absolute Gasteiger partial charge is 0.339 e. The molecule has 0 N–H and O–H groups in total. The van der Waals surface area contributed by atoms with E-state index in [2.05, 4.69) is 15.2 Å². The third kappa shape index (κ3) is 3.82. The van der Waals surface area contributed by atoms with Crippen LogP contribution in [0, 0.1) is 5.92 Å². The number of hydrogen-bond acceptors (Lipinski definition) is 7. The summed E-state index contributed by atoms with van der Waals surface area (Å²) in [5.74, 6) is 1.60. The van der Waals surface area contributed by atoms with Gasteiger partial charge >= 0.3 is 0 Å². The highest BCUT2D eigenvalue weighted by atomic mass is 32.1. The van der Waals surface area contributed by atoms with Crippen LogP contribution in [0.25, 0.3) is 22.0 Å². The predicted octanol–water partition coefficient (Wildman–Crippen LogP) is 4.36. The minimum Gasteiger partial charge on any atom is -0.339 e. The lowest BCUT2D eigenvalue weighted by molar-refractivity contribution is 0.0657. The van der Waals surface area contributed by atoms with Gasteiger partial charge in [-0.1, -0.05) is 11.2 Å². The number of amides is 1. The molecule has 0 saturated carbocycles. The molecule has 1 saturated heterocycles. The SMILES string of the molecule is Cn1nc(-c2cccs2)cc1C(=O)N1CCCC(Cc2nc(-c3ccsc3)no2)C1. The van der Waals surface area contributed by atoms with E-state index >= 15 is 0 Å². The van der Waals surface area contributed by atoms with Crippen LogP contribution in [0.5, 0.6) is 0 Å². The molecule has 1 aliphatic rings. The van der Waals surface area contributed by atoms with Crippen molar-refractivity contribution in [3.8, 4) is 22.0 Å². The quantitative estimate of drug-likeness (QED) is 0.462. The maximum Gasteiger partial charge on any atom is 0.272 e. The Morgan fingerprint density at radius 1 is 1.33 bits per heavy atom. The van der Waals surface area contributed by atoms with Gasteiger partial charge in [-0.15, -0.1) is 11.3 Å². The van der Waals surface area contributed by atoms with Crippen LogP contribution in [0.3, 0.4) is 0 Å². The fourth-order valence-electron chi connectivity index (χ4n) is 3.88. The van der Waals surface area contributed by atoms with E-state index < -0.39 is 0 Å². The summed E-state index contributed by atoms with van der Waals surface area (Å²) in [5, 5.41) is 14.6. The second-order valence-corrected chi connectivity index (χ2v) is 9.23. The van der Waals surface area contributed by atoms with E-state index in [1.54, 1.807) is 27.4 Å². The molecule has 0 aromatic carbocycles. The number of aryl methyl sites for hydroxylation is 1. The van der Waals surface area contributed by atoms with E-state index in [1.807, 2.05) is 52.4 Å². The fraction of sp³-hybridized carbons (Fsp3) is 0.333. The summed E-state index contributed by atoms with van der Waals surface area (Å²) < 4.78 is 7.15. The first-order valence-corrected chi connectivity index (χ1v) is 11.7. The molecule has 0 aliphatic carbocycles. The van der Waals surface area contributed by atoms with Crippen LogP contribution in [0.1, 0.15) is 29.2 Å². The van der Waals surface area contributed by atoms with Gasteiger partial charge in [-0.25, -0.2) is 0 Å². The van der Waals surface area contributed by atoms with Crippen LogP contribution in [-0.4, -0.2) is 43.8 Å². The highest BCUT2D eigenvalue weighted by Gasteiger charge is 2.28. The van der Waals surface area contributed by atoms with Gasteiger partial charge in [-0.3, -0.25) is 9.48 Å². The summed E-state index contributed by atoms with van der Waals surface area (Å²) >= 11 is 3.23. The number of rotatable bonds is 5. The fourth-order valence-corrected chi connectivity index (χ4v) is 5.20. The Morgan fingerprint density at radius 3 is 3.07 bits per heavy atom. The molecule has 5 rings (SSSR count). The molecular formula is C21H21N5O2S2. The Bertz CT molecular complexity index is 1130. The van der Waals surface area contributed by atoms with Crippen molar-refractivity contribution in [2.24, 2.45) is 13.0 Å². The molecule has 4 aromatic rings. The van der Waals surface area contributed by atoms with E-state index in [4.69, 9.17) is 4.52 Å². The zero-order valence-corrected chi connectivity index (χ0v) is 18.2. The molecule has 7 nitrogen and oxygen atoms in total. The maximum atomic E-state index is 13.2. The van der Waals surface area contributed by atoms with Crippen LogP contribution in [0.4, 0.5) is 0 Å². The summed E-state index contributed by atoms with van der Waals surface area (Å²) in [7, 11) is 1.83. The average molecular weight is 440 g/mol. The first-order chi connectivity index (χ1) is 14.7. The van der Waals surface area contributed by atoms with Gasteiger partial charge in [0.1, 0.15) is 11.4 Å². The Labute approximate surface area is 182 Å². The van der Waals surface area contributed by atoms with E-state index in [1.165, 1.54) is 0 Å². The van der Waals surface area contributed by atoms with Gasteiger partial charge in [-0.05, 0) is 47.7 Å². The molecule has 0 bridgehead atoms. The van der Waals surface area contributed by atoms with Gasteiger partial charge in [0, 0.05) is 37.5 Å². The maximum absolute atomic E-state index is 13.2. The summed E-state index contributed by atoms with van der Waals surface area (Å²) in [6.45, 7) is 1.45. The predicted molar refractivity (Wildman–Crippen MR) is 116 cm³/mol. The van der Waals surface area contributed by atoms with Gasteiger partial charge in [0.15, 0.2) is 0 Å². The number of aromatic nitrogens is 4. The van der Waals surface area contributed by atoms with Crippen molar-refractivity contribution in [2.45, 2.75) is 19.3 Å². The molecular weight excluding hydrogens is 418 g/mol. The van der Waals surface area contributed by atoms with Gasteiger partial charge < -0.3 is 9.42 Å². The third-order valence-electron chi connectivity index (χ3n) is 5.39. The highest BCUT2D eigenvalue weighted by molar-refractivity contribution is 7.13. The number of likely N-dealkylation sites (tertiary alicyclic amines) is 1. The number of carbonyl (C=O) groups excluding carboxylic acids is 1. The zero-order valence-electron chi connectivity index (χ0n) is 16.5. The topological polar surface area (TPSA) is 77.1 Å². The van der Waals surface area contributed by atoms with E-state index in [-0.39, 0.29) is 5.91 Å². The molecule has 0 radical (unpaired) electrons. The molecule has 0 spiro atoms. The second-order valence-electron chi connectivity index (χ2n) is 7.50. The molecule has 30 heavy (non-hydrogen) atoms. The summed E-state index contributed by atoms with van der Waals surface area (Å²) in [5.41, 5.74) is 2.45. The normalized spacial score (nSPS) is 16.8. The van der Waals surface area contributed by atoms with Crippen LogP contribution in [0.2, 0.25) is 0 Å². The lowest BCUT2D eigenvalue weighted by atomic mass is 9.94. The molecule has 1 atom stereocenters. The van der Waals surface area contributed by atoms with E-state index in [9.17, 15) is 4.79 Å². The molecule has 1 fully saturated rings. The van der Waals surface area contributed by atoms with E-state index in [0.717, 1.165) is 35.5 Å². The lowest BCUT2D eigenvalue weighted by Gasteiger charge is -2.32. The van der Waals surface area contributed by atoms with Gasteiger partial charge in [0.25, 0.3) is 5.91 Å².